The van der Waals surface area contributed by atoms with Crippen molar-refractivity contribution in [1.29, 1.82) is 0 Å². The molecule has 1 aromatic heterocycles. The number of aromatic nitrogens is 3. The molecule has 0 fully saturated rings. The van der Waals surface area contributed by atoms with E-state index in [1.807, 2.05) is 5.32 Å². The number of nitrogens with zero attached hydrogens (tertiary/aromatic N) is 3. The highest BCUT2D eigenvalue weighted by molar-refractivity contribution is 8.00. The number of thioether (sulfide) groups is 1. The van der Waals surface area contributed by atoms with E-state index < -0.39 is 23.9 Å². The van der Waals surface area contributed by atoms with E-state index >= 15 is 0 Å². The topological polar surface area (TPSA) is 59.8 Å². The molecule has 130 valence electrons. The number of halogens is 4. The molecule has 0 radical (unpaired) electrons. The van der Waals surface area contributed by atoms with Crippen molar-refractivity contribution in [1.82, 2.24) is 20.1 Å². The Morgan fingerprint density at radius 1 is 1.33 bits per heavy atom. The van der Waals surface area contributed by atoms with Crippen molar-refractivity contribution in [2.24, 2.45) is 7.05 Å². The lowest BCUT2D eigenvalue weighted by Gasteiger charge is -2.13. The molecule has 0 saturated carbocycles. The van der Waals surface area contributed by atoms with Crippen LogP contribution in [0.1, 0.15) is 6.92 Å². The van der Waals surface area contributed by atoms with Gasteiger partial charge in [0.1, 0.15) is 6.54 Å². The molecule has 0 aliphatic carbocycles. The number of nitrogens with one attached hydrogen (secondary N) is 1. The predicted molar refractivity (Wildman–Crippen MR) is 85.8 cm³/mol. The third-order valence-corrected chi connectivity index (χ3v) is 4.44. The molecule has 24 heavy (non-hydrogen) atoms. The second-order valence-corrected chi connectivity index (χ2v) is 6.71. The Morgan fingerprint density at radius 2 is 1.96 bits per heavy atom. The maximum Gasteiger partial charge on any atom is 0.405 e. The summed E-state index contributed by atoms with van der Waals surface area (Å²) in [4.78, 5) is 11.7. The summed E-state index contributed by atoms with van der Waals surface area (Å²) < 4.78 is 38.1. The molecule has 0 spiro atoms. The summed E-state index contributed by atoms with van der Waals surface area (Å²) >= 11 is 6.87. The minimum absolute atomic E-state index is 0.426. The van der Waals surface area contributed by atoms with Crippen molar-refractivity contribution >= 4 is 29.3 Å². The van der Waals surface area contributed by atoms with Crippen molar-refractivity contribution < 1.29 is 18.0 Å². The van der Waals surface area contributed by atoms with E-state index in [1.54, 1.807) is 35.9 Å². The van der Waals surface area contributed by atoms with Crippen LogP contribution in [-0.4, -0.2) is 38.6 Å². The van der Waals surface area contributed by atoms with Gasteiger partial charge in [0.2, 0.25) is 5.91 Å². The number of hydrogen-bond donors (Lipinski definition) is 1. The van der Waals surface area contributed by atoms with Crippen molar-refractivity contribution in [2.75, 3.05) is 6.54 Å². The maximum atomic E-state index is 12.1. The Morgan fingerprint density at radius 3 is 2.54 bits per heavy atom. The van der Waals surface area contributed by atoms with Gasteiger partial charge in [-0.25, -0.2) is 0 Å². The molecule has 1 unspecified atom stereocenters. The monoisotopic (exact) mass is 378 g/mol. The fourth-order valence-electron chi connectivity index (χ4n) is 1.81. The lowest BCUT2D eigenvalue weighted by molar-refractivity contribution is -0.137. The van der Waals surface area contributed by atoms with E-state index in [-0.39, 0.29) is 0 Å². The van der Waals surface area contributed by atoms with Gasteiger partial charge in [0.05, 0.1) is 5.25 Å². The molecule has 10 heteroatoms. The van der Waals surface area contributed by atoms with Gasteiger partial charge in [0.15, 0.2) is 11.0 Å². The molecule has 0 bridgehead atoms. The maximum absolute atomic E-state index is 12.1. The summed E-state index contributed by atoms with van der Waals surface area (Å²) in [5, 5.41) is 10.2. The molecular weight excluding hydrogens is 365 g/mol. The Bertz CT molecular complexity index is 718. The van der Waals surface area contributed by atoms with Crippen LogP contribution in [0.4, 0.5) is 13.2 Å². The van der Waals surface area contributed by atoms with Crippen molar-refractivity contribution in [3.05, 3.63) is 29.3 Å². The van der Waals surface area contributed by atoms with Crippen LogP contribution in [0.25, 0.3) is 11.4 Å². The first-order valence-corrected chi connectivity index (χ1v) is 8.09. The fraction of sp³-hybridized carbons (Fsp3) is 0.357. The van der Waals surface area contributed by atoms with Gasteiger partial charge in [-0.2, -0.15) is 13.2 Å². The van der Waals surface area contributed by atoms with Crippen molar-refractivity contribution in [3.63, 3.8) is 0 Å². The van der Waals surface area contributed by atoms with Gasteiger partial charge in [-0.15, -0.1) is 10.2 Å². The molecule has 0 aliphatic rings. The van der Waals surface area contributed by atoms with E-state index in [2.05, 4.69) is 10.2 Å². The molecule has 0 aliphatic heterocycles. The van der Waals surface area contributed by atoms with E-state index in [0.717, 1.165) is 17.3 Å². The van der Waals surface area contributed by atoms with Gasteiger partial charge in [0, 0.05) is 17.6 Å². The number of benzene rings is 1. The summed E-state index contributed by atoms with van der Waals surface area (Å²) in [6, 6.07) is 6.98. The molecule has 5 nitrogen and oxygen atoms in total. The van der Waals surface area contributed by atoms with Gasteiger partial charge in [-0.1, -0.05) is 23.4 Å². The van der Waals surface area contributed by atoms with Crippen LogP contribution in [0.2, 0.25) is 5.02 Å². The van der Waals surface area contributed by atoms with E-state index in [4.69, 9.17) is 11.6 Å². The number of rotatable bonds is 5. The quantitative estimate of drug-likeness (QED) is 0.811. The van der Waals surface area contributed by atoms with Crippen LogP contribution in [0, 0.1) is 0 Å². The molecule has 1 N–H and O–H groups in total. The first kappa shape index (κ1) is 18.6. The molecule has 2 aromatic rings. The summed E-state index contributed by atoms with van der Waals surface area (Å²) in [7, 11) is 1.71. The van der Waals surface area contributed by atoms with Gasteiger partial charge in [0.25, 0.3) is 0 Å². The van der Waals surface area contributed by atoms with Gasteiger partial charge < -0.3 is 9.88 Å². The van der Waals surface area contributed by atoms with Crippen LogP contribution >= 0.6 is 23.4 Å². The largest absolute Gasteiger partial charge is 0.405 e. The van der Waals surface area contributed by atoms with E-state index in [0.29, 0.717) is 16.0 Å². The van der Waals surface area contributed by atoms with Gasteiger partial charge in [-0.3, -0.25) is 4.79 Å². The van der Waals surface area contributed by atoms with Crippen molar-refractivity contribution in [2.45, 2.75) is 23.5 Å². The Labute approximate surface area is 145 Å². The minimum atomic E-state index is -4.44. The molecule has 1 heterocycles. The average Bonchev–Trinajstić information content (AvgIpc) is 2.86. The summed E-state index contributed by atoms with van der Waals surface area (Å²) in [5.41, 5.74) is 0.787. The first-order chi connectivity index (χ1) is 11.2. The third-order valence-electron chi connectivity index (χ3n) is 3.05. The lowest BCUT2D eigenvalue weighted by atomic mass is 10.2. The third kappa shape index (κ3) is 4.88. The van der Waals surface area contributed by atoms with E-state index in [9.17, 15) is 18.0 Å². The predicted octanol–water partition coefficient (Wildman–Crippen LogP) is 3.29. The average molecular weight is 379 g/mol. The molecule has 0 saturated heterocycles. The van der Waals surface area contributed by atoms with Crippen LogP contribution in [0.3, 0.4) is 0 Å². The standard InChI is InChI=1S/C14H14ClF3N4OS/c1-8(12(23)19-7-14(16,17)18)24-13-21-20-11(22(13)2)9-3-5-10(15)6-4-9/h3-6,8H,7H2,1-2H3,(H,19,23). The number of carbonyl (C=O) groups excluding carboxylic acids is 1. The highest BCUT2D eigenvalue weighted by Gasteiger charge is 2.29. The number of carbonyl (C=O) groups is 1. The molecule has 1 aromatic carbocycles. The van der Waals surface area contributed by atoms with Crippen LogP contribution < -0.4 is 5.32 Å². The van der Waals surface area contributed by atoms with Crippen molar-refractivity contribution in [3.8, 4) is 11.4 Å². The molecular formula is C14H14ClF3N4OS. The summed E-state index contributed by atoms with van der Waals surface area (Å²) in [6.45, 7) is 0.151. The zero-order valence-electron chi connectivity index (χ0n) is 12.8. The Balaban J connectivity index is 2.05. The zero-order chi connectivity index (χ0) is 17.9. The van der Waals surface area contributed by atoms with Crippen LogP contribution in [-0.2, 0) is 11.8 Å². The zero-order valence-corrected chi connectivity index (χ0v) is 14.3. The fourth-order valence-corrected chi connectivity index (χ4v) is 2.78. The smallest absolute Gasteiger partial charge is 0.346 e. The SMILES string of the molecule is CC(Sc1nnc(-c2ccc(Cl)cc2)n1C)C(=O)NCC(F)(F)F. The lowest BCUT2D eigenvalue weighted by Crippen LogP contribution is -2.38. The Hall–Kier alpha value is -1.74. The van der Waals surface area contributed by atoms with Crippen LogP contribution in [0.15, 0.2) is 29.4 Å². The number of hydrogen-bond acceptors (Lipinski definition) is 4. The summed E-state index contributed by atoms with van der Waals surface area (Å²) in [6.07, 6.45) is -4.44. The minimum Gasteiger partial charge on any atom is -0.346 e. The Kier molecular flexibility index (Phi) is 5.76. The normalized spacial score (nSPS) is 12.9. The number of alkyl halides is 3. The van der Waals surface area contributed by atoms with Crippen LogP contribution in [0.5, 0.6) is 0 Å². The van der Waals surface area contributed by atoms with Gasteiger partial charge >= 0.3 is 6.18 Å². The number of amides is 1. The first-order valence-electron chi connectivity index (χ1n) is 6.84. The highest BCUT2D eigenvalue weighted by Crippen LogP contribution is 2.26. The van der Waals surface area contributed by atoms with E-state index in [1.165, 1.54) is 6.92 Å². The second kappa shape index (κ2) is 7.43. The summed E-state index contributed by atoms with van der Waals surface area (Å²) in [5.74, 6) is -0.148. The molecule has 2 rings (SSSR count). The molecule has 1 atom stereocenters. The second-order valence-electron chi connectivity index (χ2n) is 4.97. The highest BCUT2D eigenvalue weighted by atomic mass is 35.5. The molecule has 1 amide bonds. The van der Waals surface area contributed by atoms with Gasteiger partial charge in [-0.05, 0) is 31.2 Å².